The zero-order valence-electron chi connectivity index (χ0n) is 12.1. The molecule has 0 saturated heterocycles. The number of fused-ring (bicyclic) bond motifs is 1. The topological polar surface area (TPSA) is 114 Å². The Morgan fingerprint density at radius 2 is 1.83 bits per heavy atom. The van der Waals surface area contributed by atoms with Gasteiger partial charge in [-0.1, -0.05) is 6.07 Å². The summed E-state index contributed by atoms with van der Waals surface area (Å²) < 4.78 is 32.2. The summed E-state index contributed by atoms with van der Waals surface area (Å²) in [5.74, 6) is -1.16. The van der Waals surface area contributed by atoms with Crippen molar-refractivity contribution >= 4 is 32.6 Å². The average Bonchev–Trinajstić information content (AvgIpc) is 2.54. The van der Waals surface area contributed by atoms with E-state index in [2.05, 4.69) is 4.72 Å². The highest BCUT2D eigenvalue weighted by Crippen LogP contribution is 2.21. The number of sulfonamides is 1. The number of benzene rings is 2. The van der Waals surface area contributed by atoms with E-state index in [9.17, 15) is 18.0 Å². The van der Waals surface area contributed by atoms with Crippen molar-refractivity contribution < 1.29 is 22.7 Å². The minimum atomic E-state index is -3.92. The van der Waals surface area contributed by atoms with Gasteiger partial charge in [0.15, 0.2) is 0 Å². The van der Waals surface area contributed by atoms with Gasteiger partial charge in [0.25, 0.3) is 10.0 Å². The smallest absolute Gasteiger partial charge is 0.336 e. The van der Waals surface area contributed by atoms with Crippen LogP contribution in [-0.4, -0.2) is 19.5 Å². The number of carboxylic acids is 1. The molecule has 0 fully saturated rings. The van der Waals surface area contributed by atoms with Crippen LogP contribution in [0.1, 0.15) is 10.4 Å². The standard InChI is InChI=1S/C16H11NO6S/c18-15-7-4-10-9-13(5-6-14(10)23-15)24(21,22)17-12-3-1-2-11(8-12)16(19)20/h1-9,17H,(H,19,20). The van der Waals surface area contributed by atoms with Crippen molar-refractivity contribution in [2.75, 3.05) is 4.72 Å². The molecular weight excluding hydrogens is 334 g/mol. The molecule has 0 bridgehead atoms. The van der Waals surface area contributed by atoms with Crippen molar-refractivity contribution in [1.29, 1.82) is 0 Å². The van der Waals surface area contributed by atoms with E-state index in [1.165, 1.54) is 54.6 Å². The van der Waals surface area contributed by atoms with Crippen LogP contribution in [0.3, 0.4) is 0 Å². The number of rotatable bonds is 4. The Bertz CT molecular complexity index is 1100. The van der Waals surface area contributed by atoms with Crippen molar-refractivity contribution in [3.05, 3.63) is 70.6 Å². The van der Waals surface area contributed by atoms with Gasteiger partial charge in [-0.3, -0.25) is 4.72 Å². The van der Waals surface area contributed by atoms with Gasteiger partial charge in [0.1, 0.15) is 5.58 Å². The van der Waals surface area contributed by atoms with Crippen LogP contribution in [0.15, 0.2) is 68.7 Å². The fourth-order valence-corrected chi connectivity index (χ4v) is 3.23. The lowest BCUT2D eigenvalue weighted by molar-refractivity contribution is 0.0697. The van der Waals surface area contributed by atoms with Crippen LogP contribution in [-0.2, 0) is 10.0 Å². The zero-order valence-corrected chi connectivity index (χ0v) is 12.9. The van der Waals surface area contributed by atoms with Crippen LogP contribution in [0, 0.1) is 0 Å². The summed E-state index contributed by atoms with van der Waals surface area (Å²) >= 11 is 0. The summed E-state index contributed by atoms with van der Waals surface area (Å²) in [6, 6.07) is 12.2. The molecule has 24 heavy (non-hydrogen) atoms. The van der Waals surface area contributed by atoms with Crippen molar-refractivity contribution in [2.45, 2.75) is 4.90 Å². The summed E-state index contributed by atoms with van der Waals surface area (Å²) in [6.45, 7) is 0. The molecule has 0 spiro atoms. The largest absolute Gasteiger partial charge is 0.478 e. The minimum Gasteiger partial charge on any atom is -0.478 e. The zero-order chi connectivity index (χ0) is 17.3. The highest BCUT2D eigenvalue weighted by Gasteiger charge is 2.16. The van der Waals surface area contributed by atoms with Gasteiger partial charge in [-0.05, 0) is 42.5 Å². The number of carbonyl (C=O) groups is 1. The van der Waals surface area contributed by atoms with E-state index in [1.54, 1.807) is 0 Å². The molecule has 2 aromatic carbocycles. The Labute approximate surface area is 136 Å². The third-order valence-corrected chi connectivity index (χ3v) is 4.64. The van der Waals surface area contributed by atoms with E-state index >= 15 is 0 Å². The molecule has 3 rings (SSSR count). The van der Waals surface area contributed by atoms with E-state index in [0.29, 0.717) is 5.39 Å². The predicted octanol–water partition coefficient (Wildman–Crippen LogP) is 2.29. The molecule has 3 aromatic rings. The van der Waals surface area contributed by atoms with Crippen molar-refractivity contribution in [3.8, 4) is 0 Å². The summed E-state index contributed by atoms with van der Waals surface area (Å²) in [5, 5.41) is 9.41. The van der Waals surface area contributed by atoms with Gasteiger partial charge in [0, 0.05) is 17.1 Å². The lowest BCUT2D eigenvalue weighted by Crippen LogP contribution is -2.13. The summed E-state index contributed by atoms with van der Waals surface area (Å²) in [4.78, 5) is 22.1. The van der Waals surface area contributed by atoms with Gasteiger partial charge in [0.05, 0.1) is 10.5 Å². The van der Waals surface area contributed by atoms with Crippen molar-refractivity contribution in [1.82, 2.24) is 0 Å². The number of nitrogens with one attached hydrogen (secondary N) is 1. The molecule has 2 N–H and O–H groups in total. The predicted molar refractivity (Wildman–Crippen MR) is 86.7 cm³/mol. The number of anilines is 1. The van der Waals surface area contributed by atoms with Crippen molar-refractivity contribution in [3.63, 3.8) is 0 Å². The molecular formula is C16H11NO6S. The molecule has 0 aliphatic carbocycles. The maximum atomic E-state index is 12.4. The Morgan fingerprint density at radius 3 is 2.58 bits per heavy atom. The van der Waals surface area contributed by atoms with Crippen LogP contribution in [0.5, 0.6) is 0 Å². The highest BCUT2D eigenvalue weighted by molar-refractivity contribution is 7.92. The third-order valence-electron chi connectivity index (χ3n) is 3.26. The molecule has 0 aliphatic heterocycles. The summed E-state index contributed by atoms with van der Waals surface area (Å²) in [7, 11) is -3.92. The Kier molecular flexibility index (Phi) is 3.82. The normalized spacial score (nSPS) is 11.3. The monoisotopic (exact) mass is 345 g/mol. The molecule has 7 nitrogen and oxygen atoms in total. The van der Waals surface area contributed by atoms with Gasteiger partial charge in [-0.25, -0.2) is 18.0 Å². The van der Waals surface area contributed by atoms with Gasteiger partial charge in [-0.15, -0.1) is 0 Å². The highest BCUT2D eigenvalue weighted by atomic mass is 32.2. The van der Waals surface area contributed by atoms with E-state index in [-0.39, 0.29) is 21.7 Å². The van der Waals surface area contributed by atoms with E-state index in [1.807, 2.05) is 0 Å². The first kappa shape index (κ1) is 15.8. The number of hydrogen-bond donors (Lipinski definition) is 2. The van der Waals surface area contributed by atoms with E-state index in [0.717, 1.165) is 0 Å². The number of carboxylic acid groups (broad SMARTS) is 1. The summed E-state index contributed by atoms with van der Waals surface area (Å²) in [5.41, 5.74) is -0.152. The second kappa shape index (κ2) is 5.82. The van der Waals surface area contributed by atoms with E-state index in [4.69, 9.17) is 9.52 Å². The minimum absolute atomic E-state index is 0.0320. The molecule has 0 radical (unpaired) electrons. The molecule has 0 atom stereocenters. The van der Waals surface area contributed by atoms with Crippen LogP contribution < -0.4 is 10.3 Å². The molecule has 0 saturated carbocycles. The molecule has 1 aromatic heterocycles. The molecule has 0 amide bonds. The lowest BCUT2D eigenvalue weighted by Gasteiger charge is -2.09. The maximum absolute atomic E-state index is 12.4. The molecule has 0 unspecified atom stereocenters. The second-order valence-electron chi connectivity index (χ2n) is 4.95. The first-order valence-corrected chi connectivity index (χ1v) is 8.23. The van der Waals surface area contributed by atoms with Crippen molar-refractivity contribution in [2.24, 2.45) is 0 Å². The van der Waals surface area contributed by atoms with Gasteiger partial charge >= 0.3 is 11.6 Å². The van der Waals surface area contributed by atoms with Crippen LogP contribution in [0.2, 0.25) is 0 Å². The second-order valence-corrected chi connectivity index (χ2v) is 6.63. The third kappa shape index (κ3) is 3.13. The average molecular weight is 345 g/mol. The Hall–Kier alpha value is -3.13. The van der Waals surface area contributed by atoms with Crippen LogP contribution in [0.4, 0.5) is 5.69 Å². The van der Waals surface area contributed by atoms with Crippen LogP contribution >= 0.6 is 0 Å². The van der Waals surface area contributed by atoms with Gasteiger partial charge < -0.3 is 9.52 Å². The molecule has 8 heteroatoms. The number of aromatic carboxylic acids is 1. The van der Waals surface area contributed by atoms with E-state index < -0.39 is 21.6 Å². The van der Waals surface area contributed by atoms with Crippen LogP contribution in [0.25, 0.3) is 11.0 Å². The fraction of sp³-hybridized carbons (Fsp3) is 0. The quantitative estimate of drug-likeness (QED) is 0.701. The SMILES string of the molecule is O=C(O)c1cccc(NS(=O)(=O)c2ccc3oc(=O)ccc3c2)c1. The van der Waals surface area contributed by atoms with Gasteiger partial charge in [0.2, 0.25) is 0 Å². The Morgan fingerprint density at radius 1 is 1.04 bits per heavy atom. The first-order chi connectivity index (χ1) is 11.3. The lowest BCUT2D eigenvalue weighted by atomic mass is 10.2. The van der Waals surface area contributed by atoms with Gasteiger partial charge in [-0.2, -0.15) is 0 Å². The summed E-state index contributed by atoms with van der Waals surface area (Å²) in [6.07, 6.45) is 0. The molecule has 0 aliphatic rings. The molecule has 122 valence electrons. The molecule has 1 heterocycles. The fourth-order valence-electron chi connectivity index (χ4n) is 2.15. The first-order valence-electron chi connectivity index (χ1n) is 6.75. The number of hydrogen-bond acceptors (Lipinski definition) is 5. The maximum Gasteiger partial charge on any atom is 0.336 e. The Balaban J connectivity index is 1.98.